The standard InChI is InChI=1S/C16H24N2O3/c1-3-4-5-10-18-16(20)12(2)21-15(19)11-13-6-8-14(17)9-7-13/h6-9,12H,3-5,10-11,17H2,1-2H3,(H,18,20). The Bertz CT molecular complexity index is 457. The number of unbranched alkanes of at least 4 members (excludes halogenated alkanes) is 2. The van der Waals surface area contributed by atoms with Crippen molar-refractivity contribution in [2.24, 2.45) is 0 Å². The van der Waals surface area contributed by atoms with Crippen molar-refractivity contribution < 1.29 is 14.3 Å². The zero-order valence-electron chi connectivity index (χ0n) is 12.7. The normalized spacial score (nSPS) is 11.7. The van der Waals surface area contributed by atoms with Crippen LogP contribution in [-0.4, -0.2) is 24.5 Å². The highest BCUT2D eigenvalue weighted by Crippen LogP contribution is 2.07. The van der Waals surface area contributed by atoms with Gasteiger partial charge in [-0.25, -0.2) is 0 Å². The van der Waals surface area contributed by atoms with E-state index in [0.717, 1.165) is 24.8 Å². The van der Waals surface area contributed by atoms with Gasteiger partial charge in [-0.3, -0.25) is 9.59 Å². The number of carbonyl (C=O) groups excluding carboxylic acids is 2. The third kappa shape index (κ3) is 6.79. The molecular formula is C16H24N2O3. The van der Waals surface area contributed by atoms with E-state index in [4.69, 9.17) is 10.5 Å². The molecule has 0 saturated heterocycles. The van der Waals surface area contributed by atoms with Crippen LogP contribution in [0.25, 0.3) is 0 Å². The molecule has 1 rings (SSSR count). The van der Waals surface area contributed by atoms with E-state index >= 15 is 0 Å². The van der Waals surface area contributed by atoms with Crippen LogP contribution in [0.15, 0.2) is 24.3 Å². The molecule has 0 bridgehead atoms. The topological polar surface area (TPSA) is 81.4 Å². The van der Waals surface area contributed by atoms with E-state index in [9.17, 15) is 9.59 Å². The molecule has 21 heavy (non-hydrogen) atoms. The van der Waals surface area contributed by atoms with Gasteiger partial charge in [0.1, 0.15) is 0 Å². The Kier molecular flexibility index (Phi) is 7.29. The lowest BCUT2D eigenvalue weighted by Gasteiger charge is -2.13. The average Bonchev–Trinajstić information content (AvgIpc) is 2.45. The van der Waals surface area contributed by atoms with Gasteiger partial charge >= 0.3 is 5.97 Å². The SMILES string of the molecule is CCCCCNC(=O)C(C)OC(=O)Cc1ccc(N)cc1. The highest BCUT2D eigenvalue weighted by molar-refractivity contribution is 5.83. The lowest BCUT2D eigenvalue weighted by Crippen LogP contribution is -2.36. The van der Waals surface area contributed by atoms with E-state index < -0.39 is 12.1 Å². The Balaban J connectivity index is 2.32. The summed E-state index contributed by atoms with van der Waals surface area (Å²) in [6.45, 7) is 4.30. The second kappa shape index (κ2) is 9.00. The van der Waals surface area contributed by atoms with Crippen molar-refractivity contribution in [1.82, 2.24) is 5.32 Å². The molecule has 1 aromatic carbocycles. The molecule has 0 aromatic heterocycles. The maximum absolute atomic E-state index is 11.8. The molecule has 0 fully saturated rings. The van der Waals surface area contributed by atoms with Crippen LogP contribution in [0.3, 0.4) is 0 Å². The van der Waals surface area contributed by atoms with Crippen LogP contribution in [0.5, 0.6) is 0 Å². The minimum absolute atomic E-state index is 0.133. The number of carbonyl (C=O) groups is 2. The largest absolute Gasteiger partial charge is 0.452 e. The number of nitrogen functional groups attached to an aromatic ring is 1. The van der Waals surface area contributed by atoms with E-state index in [1.54, 1.807) is 31.2 Å². The minimum atomic E-state index is -0.770. The maximum atomic E-state index is 11.8. The fraction of sp³-hybridized carbons (Fsp3) is 0.500. The first kappa shape index (κ1) is 17.0. The van der Waals surface area contributed by atoms with E-state index in [2.05, 4.69) is 12.2 Å². The van der Waals surface area contributed by atoms with Gasteiger partial charge in [0.25, 0.3) is 5.91 Å². The lowest BCUT2D eigenvalue weighted by atomic mass is 10.1. The van der Waals surface area contributed by atoms with Gasteiger partial charge in [0, 0.05) is 12.2 Å². The number of benzene rings is 1. The van der Waals surface area contributed by atoms with Crippen molar-refractivity contribution >= 4 is 17.6 Å². The summed E-state index contributed by atoms with van der Waals surface area (Å²) in [5, 5.41) is 2.76. The van der Waals surface area contributed by atoms with Crippen LogP contribution >= 0.6 is 0 Å². The number of nitrogens with two attached hydrogens (primary N) is 1. The first-order valence-corrected chi connectivity index (χ1v) is 7.34. The highest BCUT2D eigenvalue weighted by atomic mass is 16.5. The molecule has 1 atom stereocenters. The van der Waals surface area contributed by atoms with Crippen molar-refractivity contribution in [3.8, 4) is 0 Å². The number of rotatable bonds is 8. The Hall–Kier alpha value is -2.04. The fourth-order valence-corrected chi connectivity index (χ4v) is 1.82. The molecule has 0 aliphatic rings. The number of amides is 1. The van der Waals surface area contributed by atoms with Crippen molar-refractivity contribution in [2.45, 2.75) is 45.6 Å². The summed E-state index contributed by atoms with van der Waals surface area (Å²) in [6, 6.07) is 7.00. The smallest absolute Gasteiger partial charge is 0.311 e. The van der Waals surface area contributed by atoms with Crippen molar-refractivity contribution in [3.05, 3.63) is 29.8 Å². The maximum Gasteiger partial charge on any atom is 0.311 e. The van der Waals surface area contributed by atoms with Gasteiger partial charge < -0.3 is 15.8 Å². The number of hydrogen-bond donors (Lipinski definition) is 2. The molecule has 1 aromatic rings. The molecule has 0 aliphatic heterocycles. The van der Waals surface area contributed by atoms with Crippen molar-refractivity contribution in [3.63, 3.8) is 0 Å². The van der Waals surface area contributed by atoms with E-state index in [0.29, 0.717) is 12.2 Å². The van der Waals surface area contributed by atoms with Crippen LogP contribution in [0, 0.1) is 0 Å². The Labute approximate surface area is 125 Å². The molecule has 1 amide bonds. The van der Waals surface area contributed by atoms with Gasteiger partial charge in [-0.15, -0.1) is 0 Å². The van der Waals surface area contributed by atoms with Crippen LogP contribution in [0.4, 0.5) is 5.69 Å². The summed E-state index contributed by atoms with van der Waals surface area (Å²) in [7, 11) is 0. The van der Waals surface area contributed by atoms with Gasteiger partial charge in [-0.05, 0) is 31.0 Å². The Morgan fingerprint density at radius 1 is 1.24 bits per heavy atom. The van der Waals surface area contributed by atoms with Crippen molar-refractivity contribution in [1.29, 1.82) is 0 Å². The first-order valence-electron chi connectivity index (χ1n) is 7.34. The summed E-state index contributed by atoms with van der Waals surface area (Å²) >= 11 is 0. The zero-order valence-corrected chi connectivity index (χ0v) is 12.7. The molecule has 1 unspecified atom stereocenters. The number of hydrogen-bond acceptors (Lipinski definition) is 4. The van der Waals surface area contributed by atoms with Gasteiger partial charge in [0.05, 0.1) is 6.42 Å². The quantitative estimate of drug-likeness (QED) is 0.436. The molecule has 0 saturated carbocycles. The second-order valence-electron chi connectivity index (χ2n) is 5.05. The third-order valence-corrected chi connectivity index (χ3v) is 3.09. The molecule has 0 aliphatic carbocycles. The Morgan fingerprint density at radius 3 is 2.52 bits per heavy atom. The van der Waals surface area contributed by atoms with Crippen LogP contribution in [0.1, 0.15) is 38.7 Å². The molecule has 0 radical (unpaired) electrons. The van der Waals surface area contributed by atoms with E-state index in [-0.39, 0.29) is 12.3 Å². The molecule has 5 heteroatoms. The number of nitrogens with one attached hydrogen (secondary N) is 1. The second-order valence-corrected chi connectivity index (χ2v) is 5.05. The summed E-state index contributed by atoms with van der Waals surface area (Å²) in [6.07, 6.45) is 2.48. The number of ether oxygens (including phenoxy) is 1. The van der Waals surface area contributed by atoms with Crippen LogP contribution in [0.2, 0.25) is 0 Å². The predicted octanol–water partition coefficient (Wildman–Crippen LogP) is 2.05. The summed E-state index contributed by atoms with van der Waals surface area (Å²) in [5.74, 6) is -0.673. The first-order chi connectivity index (χ1) is 10.0. The molecule has 0 heterocycles. The predicted molar refractivity (Wildman–Crippen MR) is 82.6 cm³/mol. The van der Waals surface area contributed by atoms with E-state index in [1.165, 1.54) is 0 Å². The molecule has 0 spiro atoms. The van der Waals surface area contributed by atoms with Gasteiger partial charge in [0.2, 0.25) is 0 Å². The molecular weight excluding hydrogens is 268 g/mol. The lowest BCUT2D eigenvalue weighted by molar-refractivity contribution is -0.154. The van der Waals surface area contributed by atoms with Gasteiger partial charge in [-0.1, -0.05) is 31.9 Å². The minimum Gasteiger partial charge on any atom is -0.452 e. The van der Waals surface area contributed by atoms with Crippen molar-refractivity contribution in [2.75, 3.05) is 12.3 Å². The molecule has 3 N–H and O–H groups in total. The third-order valence-electron chi connectivity index (χ3n) is 3.09. The zero-order chi connectivity index (χ0) is 15.7. The average molecular weight is 292 g/mol. The van der Waals surface area contributed by atoms with Crippen LogP contribution < -0.4 is 11.1 Å². The molecule has 116 valence electrons. The summed E-state index contributed by atoms with van der Waals surface area (Å²) in [4.78, 5) is 23.5. The van der Waals surface area contributed by atoms with Crippen LogP contribution in [-0.2, 0) is 20.7 Å². The number of anilines is 1. The number of esters is 1. The van der Waals surface area contributed by atoms with Gasteiger partial charge in [-0.2, -0.15) is 0 Å². The highest BCUT2D eigenvalue weighted by Gasteiger charge is 2.17. The summed E-state index contributed by atoms with van der Waals surface area (Å²) < 4.78 is 5.12. The monoisotopic (exact) mass is 292 g/mol. The fourth-order valence-electron chi connectivity index (χ4n) is 1.82. The summed E-state index contributed by atoms with van der Waals surface area (Å²) in [5.41, 5.74) is 7.03. The van der Waals surface area contributed by atoms with Gasteiger partial charge in [0.15, 0.2) is 6.10 Å². The molecule has 5 nitrogen and oxygen atoms in total. The van der Waals surface area contributed by atoms with E-state index in [1.807, 2.05) is 0 Å². The Morgan fingerprint density at radius 2 is 1.90 bits per heavy atom.